The molecule has 0 unspecified atom stereocenters. The van der Waals surface area contributed by atoms with Crippen LogP contribution in [0, 0.1) is 5.82 Å². The number of para-hydroxylation sites is 1. The van der Waals surface area contributed by atoms with Crippen molar-refractivity contribution in [1.29, 1.82) is 0 Å². The molecule has 86 valence electrons. The number of carbonyl (C=O) groups excluding carboxylic acids is 1. The van der Waals surface area contributed by atoms with Crippen molar-refractivity contribution >= 4 is 5.97 Å². The maximum Gasteiger partial charge on any atom is 0.334 e. The van der Waals surface area contributed by atoms with E-state index in [1.54, 1.807) is 26.0 Å². The average molecular weight is 224 g/mol. The van der Waals surface area contributed by atoms with Crippen LogP contribution >= 0.6 is 0 Å². The minimum atomic E-state index is -0.503. The van der Waals surface area contributed by atoms with Crippen molar-refractivity contribution in [3.63, 3.8) is 0 Å². The van der Waals surface area contributed by atoms with E-state index in [0.29, 0.717) is 6.61 Å². The van der Waals surface area contributed by atoms with Gasteiger partial charge in [-0.05, 0) is 26.0 Å². The minimum Gasteiger partial charge on any atom is -0.463 e. The number of halogens is 1. The summed E-state index contributed by atoms with van der Waals surface area (Å²) in [4.78, 5) is 11.1. The van der Waals surface area contributed by atoms with Crippen LogP contribution in [0.1, 0.15) is 13.8 Å². The normalized spacial score (nSPS) is 11.1. The van der Waals surface area contributed by atoms with Gasteiger partial charge in [0.2, 0.25) is 0 Å². The number of carbonyl (C=O) groups is 1. The summed E-state index contributed by atoms with van der Waals surface area (Å²) >= 11 is 0. The summed E-state index contributed by atoms with van der Waals surface area (Å²) in [6.07, 6.45) is 1.18. The summed E-state index contributed by atoms with van der Waals surface area (Å²) in [7, 11) is 0. The summed E-state index contributed by atoms with van der Waals surface area (Å²) in [5.41, 5.74) is 0. The van der Waals surface area contributed by atoms with Gasteiger partial charge < -0.3 is 9.47 Å². The Morgan fingerprint density at radius 3 is 2.75 bits per heavy atom. The number of allylic oxidation sites excluding steroid dienone is 1. The first kappa shape index (κ1) is 12.2. The van der Waals surface area contributed by atoms with E-state index in [4.69, 9.17) is 9.47 Å². The van der Waals surface area contributed by atoms with E-state index in [1.807, 2.05) is 0 Å². The Bertz CT molecular complexity index is 399. The van der Waals surface area contributed by atoms with E-state index in [1.165, 1.54) is 18.2 Å². The molecule has 0 heterocycles. The van der Waals surface area contributed by atoms with E-state index in [2.05, 4.69) is 0 Å². The molecule has 0 amide bonds. The van der Waals surface area contributed by atoms with Gasteiger partial charge in [0.1, 0.15) is 5.76 Å². The summed E-state index contributed by atoms with van der Waals surface area (Å²) in [6.45, 7) is 3.56. The van der Waals surface area contributed by atoms with Crippen LogP contribution in [-0.2, 0) is 9.53 Å². The van der Waals surface area contributed by atoms with Crippen LogP contribution in [0.25, 0.3) is 0 Å². The summed E-state index contributed by atoms with van der Waals surface area (Å²) in [5, 5.41) is 0. The number of esters is 1. The van der Waals surface area contributed by atoms with Gasteiger partial charge in [0.25, 0.3) is 0 Å². The molecule has 0 radical (unpaired) electrons. The van der Waals surface area contributed by atoms with Gasteiger partial charge in [0.05, 0.1) is 12.7 Å². The molecule has 0 spiro atoms. The largest absolute Gasteiger partial charge is 0.463 e. The number of hydrogen-bond donors (Lipinski definition) is 0. The minimum absolute atomic E-state index is 0.0838. The van der Waals surface area contributed by atoms with Crippen molar-refractivity contribution in [2.45, 2.75) is 13.8 Å². The zero-order valence-corrected chi connectivity index (χ0v) is 9.20. The first-order chi connectivity index (χ1) is 7.63. The third kappa shape index (κ3) is 3.73. The first-order valence-corrected chi connectivity index (χ1v) is 4.91. The smallest absolute Gasteiger partial charge is 0.334 e. The average Bonchev–Trinajstić information content (AvgIpc) is 2.21. The summed E-state index contributed by atoms with van der Waals surface area (Å²) in [6, 6.07) is 5.98. The summed E-state index contributed by atoms with van der Waals surface area (Å²) < 4.78 is 23.0. The zero-order chi connectivity index (χ0) is 12.0. The van der Waals surface area contributed by atoms with E-state index >= 15 is 0 Å². The molecule has 0 aliphatic heterocycles. The molecule has 4 heteroatoms. The molecule has 0 N–H and O–H groups in total. The van der Waals surface area contributed by atoms with Crippen molar-refractivity contribution in [1.82, 2.24) is 0 Å². The Hall–Kier alpha value is -1.84. The second-order valence-electron chi connectivity index (χ2n) is 3.04. The Balaban J connectivity index is 2.67. The van der Waals surface area contributed by atoms with Gasteiger partial charge in [0, 0.05) is 0 Å². The molecule has 0 saturated carbocycles. The lowest BCUT2D eigenvalue weighted by Crippen LogP contribution is -2.03. The molecule has 0 saturated heterocycles. The fraction of sp³-hybridized carbons (Fsp3) is 0.250. The Morgan fingerprint density at radius 1 is 1.44 bits per heavy atom. The maximum absolute atomic E-state index is 13.2. The van der Waals surface area contributed by atoms with Gasteiger partial charge in [0.15, 0.2) is 11.6 Å². The molecule has 0 aliphatic carbocycles. The van der Waals surface area contributed by atoms with Crippen molar-refractivity contribution in [2.24, 2.45) is 0 Å². The van der Waals surface area contributed by atoms with Crippen molar-refractivity contribution in [3.05, 3.63) is 41.9 Å². The van der Waals surface area contributed by atoms with Gasteiger partial charge in [-0.1, -0.05) is 12.1 Å². The van der Waals surface area contributed by atoms with Crippen LogP contribution in [0.3, 0.4) is 0 Å². The third-order valence-electron chi connectivity index (χ3n) is 1.72. The predicted molar refractivity (Wildman–Crippen MR) is 57.4 cm³/mol. The van der Waals surface area contributed by atoms with Crippen molar-refractivity contribution in [2.75, 3.05) is 6.61 Å². The quantitative estimate of drug-likeness (QED) is 0.448. The fourth-order valence-electron chi connectivity index (χ4n) is 1.08. The number of hydrogen-bond acceptors (Lipinski definition) is 3. The van der Waals surface area contributed by atoms with E-state index < -0.39 is 11.8 Å². The van der Waals surface area contributed by atoms with E-state index in [0.717, 1.165) is 0 Å². The van der Waals surface area contributed by atoms with Crippen LogP contribution < -0.4 is 4.74 Å². The number of rotatable bonds is 4. The molecule has 0 aromatic heterocycles. The van der Waals surface area contributed by atoms with Crippen LogP contribution in [0.15, 0.2) is 36.1 Å². The molecule has 1 aromatic rings. The SMILES string of the molecule is CCOC(=O)/C=C(/C)Oc1ccccc1F. The van der Waals surface area contributed by atoms with Crippen LogP contribution in [0.2, 0.25) is 0 Å². The predicted octanol–water partition coefficient (Wildman–Crippen LogP) is 2.67. The van der Waals surface area contributed by atoms with Crippen molar-refractivity contribution < 1.29 is 18.7 Å². The molecular formula is C12H13FO3. The van der Waals surface area contributed by atoms with E-state index in [-0.39, 0.29) is 11.5 Å². The molecule has 3 nitrogen and oxygen atoms in total. The maximum atomic E-state index is 13.2. The molecule has 0 aliphatic rings. The highest BCUT2D eigenvalue weighted by Crippen LogP contribution is 2.17. The van der Waals surface area contributed by atoms with Gasteiger partial charge in [-0.15, -0.1) is 0 Å². The van der Waals surface area contributed by atoms with E-state index in [9.17, 15) is 9.18 Å². The number of ether oxygens (including phenoxy) is 2. The topological polar surface area (TPSA) is 35.5 Å². The second-order valence-corrected chi connectivity index (χ2v) is 3.04. The van der Waals surface area contributed by atoms with Crippen LogP contribution in [-0.4, -0.2) is 12.6 Å². The monoisotopic (exact) mass is 224 g/mol. The van der Waals surface area contributed by atoms with Crippen molar-refractivity contribution in [3.8, 4) is 5.75 Å². The zero-order valence-electron chi connectivity index (χ0n) is 9.20. The molecule has 0 bridgehead atoms. The summed E-state index contributed by atoms with van der Waals surface area (Å²) in [5.74, 6) is -0.612. The van der Waals surface area contributed by atoms with Gasteiger partial charge in [-0.2, -0.15) is 0 Å². The molecule has 1 rings (SSSR count). The lowest BCUT2D eigenvalue weighted by Gasteiger charge is -2.06. The lowest BCUT2D eigenvalue weighted by atomic mass is 10.3. The van der Waals surface area contributed by atoms with Crippen LogP contribution in [0.5, 0.6) is 5.75 Å². The molecule has 0 atom stereocenters. The Morgan fingerprint density at radius 2 is 2.12 bits per heavy atom. The lowest BCUT2D eigenvalue weighted by molar-refractivity contribution is -0.137. The van der Waals surface area contributed by atoms with Crippen LogP contribution in [0.4, 0.5) is 4.39 Å². The molecule has 16 heavy (non-hydrogen) atoms. The van der Waals surface area contributed by atoms with Gasteiger partial charge in [-0.3, -0.25) is 0 Å². The third-order valence-corrected chi connectivity index (χ3v) is 1.72. The highest BCUT2D eigenvalue weighted by molar-refractivity contribution is 5.82. The fourth-order valence-corrected chi connectivity index (χ4v) is 1.08. The number of benzene rings is 1. The standard InChI is InChI=1S/C12H13FO3/c1-3-15-12(14)8-9(2)16-11-7-5-4-6-10(11)13/h4-8H,3H2,1-2H3/b9-8-. The van der Waals surface area contributed by atoms with Gasteiger partial charge in [-0.25, -0.2) is 9.18 Å². The second kappa shape index (κ2) is 5.90. The Kier molecular flexibility index (Phi) is 4.51. The first-order valence-electron chi connectivity index (χ1n) is 4.91. The molecule has 0 fully saturated rings. The molecule has 1 aromatic carbocycles. The Labute approximate surface area is 93.5 Å². The van der Waals surface area contributed by atoms with Gasteiger partial charge >= 0.3 is 5.97 Å². The highest BCUT2D eigenvalue weighted by Gasteiger charge is 2.04. The molecular weight excluding hydrogens is 211 g/mol. The highest BCUT2D eigenvalue weighted by atomic mass is 19.1.